The minimum absolute atomic E-state index is 0.163. The molecule has 3 aliphatic heterocycles. The first kappa shape index (κ1) is 19.2. The summed E-state index contributed by atoms with van der Waals surface area (Å²) in [7, 11) is 0. The molecule has 1 saturated carbocycles. The van der Waals surface area contributed by atoms with Gasteiger partial charge in [0, 0.05) is 39.3 Å². The number of carbonyl (C=O) groups is 4. The van der Waals surface area contributed by atoms with Crippen molar-refractivity contribution in [3.8, 4) is 0 Å². The molecule has 1 N–H and O–H groups in total. The van der Waals surface area contributed by atoms with Gasteiger partial charge in [-0.2, -0.15) is 0 Å². The summed E-state index contributed by atoms with van der Waals surface area (Å²) in [6, 6.07) is -0.470. The lowest BCUT2D eigenvalue weighted by Gasteiger charge is -2.35. The number of nitrogens with one attached hydrogen (secondary N) is 1. The molecule has 3 heterocycles. The van der Waals surface area contributed by atoms with Crippen LogP contribution in [0.1, 0.15) is 32.6 Å². The Balaban J connectivity index is 1.25. The third-order valence-corrected chi connectivity index (χ3v) is 6.53. The van der Waals surface area contributed by atoms with Crippen LogP contribution < -0.4 is 5.32 Å². The highest BCUT2D eigenvalue weighted by Gasteiger charge is 2.56. The molecule has 0 bridgehead atoms. The molecule has 4 aliphatic rings. The monoisotopic (exact) mass is 391 g/mol. The van der Waals surface area contributed by atoms with Crippen molar-refractivity contribution in [3.63, 3.8) is 0 Å². The number of likely N-dealkylation sites (tertiary alicyclic amines) is 1. The van der Waals surface area contributed by atoms with E-state index in [2.05, 4.69) is 10.2 Å². The zero-order chi connectivity index (χ0) is 19.9. The van der Waals surface area contributed by atoms with Gasteiger partial charge < -0.3 is 15.1 Å². The lowest BCUT2D eigenvalue weighted by Crippen LogP contribution is -2.53. The molecule has 0 aromatic carbocycles. The summed E-state index contributed by atoms with van der Waals surface area (Å²) in [6.45, 7) is 5.92. The van der Waals surface area contributed by atoms with E-state index < -0.39 is 11.6 Å². The highest BCUT2D eigenvalue weighted by atomic mass is 16.2. The van der Waals surface area contributed by atoms with Crippen LogP contribution in [0.3, 0.4) is 0 Å². The van der Waals surface area contributed by atoms with Gasteiger partial charge in [0.1, 0.15) is 12.1 Å². The van der Waals surface area contributed by atoms with Crippen LogP contribution in [0.2, 0.25) is 0 Å². The molecule has 0 aromatic heterocycles. The maximum absolute atomic E-state index is 12.7. The number of hydrogen-bond donors (Lipinski definition) is 1. The molecule has 0 radical (unpaired) electrons. The van der Waals surface area contributed by atoms with Gasteiger partial charge in [-0.25, -0.2) is 4.79 Å². The quantitative estimate of drug-likeness (QED) is 0.636. The van der Waals surface area contributed by atoms with E-state index in [1.807, 2.05) is 4.90 Å². The van der Waals surface area contributed by atoms with Crippen LogP contribution in [0.15, 0.2) is 0 Å². The van der Waals surface area contributed by atoms with Crippen LogP contribution in [0.5, 0.6) is 0 Å². The van der Waals surface area contributed by atoms with E-state index in [9.17, 15) is 19.2 Å². The molecular formula is C19H29N5O4. The standard InChI is InChI=1S/C19H29N5O4/c1-19(14-4-5-14)17(27)24(18(28)20-19)13-16(26)23-10-8-21(9-11-23)12-15(25)22-6-2-3-7-22/h14H,2-13H2,1H3,(H,20,28)/t19-/m1/s1. The normalized spacial score (nSPS) is 28.8. The van der Waals surface area contributed by atoms with Crippen molar-refractivity contribution in [2.75, 3.05) is 52.4 Å². The second kappa shape index (κ2) is 7.35. The molecule has 0 spiro atoms. The first-order valence-corrected chi connectivity index (χ1v) is 10.3. The first-order chi connectivity index (χ1) is 13.4. The molecule has 0 aromatic rings. The summed E-state index contributed by atoms with van der Waals surface area (Å²) in [5.74, 6) is -0.158. The topological polar surface area (TPSA) is 93.3 Å². The van der Waals surface area contributed by atoms with Crippen molar-refractivity contribution in [1.82, 2.24) is 24.9 Å². The second-order valence-electron chi connectivity index (χ2n) is 8.54. The number of carbonyl (C=O) groups excluding carboxylic acids is 4. The molecular weight excluding hydrogens is 362 g/mol. The van der Waals surface area contributed by atoms with Gasteiger partial charge >= 0.3 is 6.03 Å². The van der Waals surface area contributed by atoms with Gasteiger partial charge in [0.05, 0.1) is 6.54 Å². The number of nitrogens with zero attached hydrogens (tertiary/aromatic N) is 4. The Hall–Kier alpha value is -2.16. The number of hydrogen-bond acceptors (Lipinski definition) is 5. The summed E-state index contributed by atoms with van der Waals surface area (Å²) >= 11 is 0. The second-order valence-corrected chi connectivity index (χ2v) is 8.54. The van der Waals surface area contributed by atoms with Crippen LogP contribution in [0, 0.1) is 5.92 Å². The maximum Gasteiger partial charge on any atom is 0.325 e. The summed E-state index contributed by atoms with van der Waals surface area (Å²) in [5, 5.41) is 2.77. The third-order valence-electron chi connectivity index (χ3n) is 6.53. The Labute approximate surface area is 165 Å². The predicted molar refractivity (Wildman–Crippen MR) is 100 cm³/mol. The van der Waals surface area contributed by atoms with E-state index in [0.29, 0.717) is 32.7 Å². The predicted octanol–water partition coefficient (Wildman–Crippen LogP) is -0.526. The molecule has 4 fully saturated rings. The minimum Gasteiger partial charge on any atom is -0.342 e. The number of urea groups is 1. The van der Waals surface area contributed by atoms with E-state index in [0.717, 1.165) is 43.7 Å². The number of amides is 5. The van der Waals surface area contributed by atoms with Gasteiger partial charge in [0.15, 0.2) is 0 Å². The molecule has 9 heteroatoms. The molecule has 3 saturated heterocycles. The van der Waals surface area contributed by atoms with Crippen molar-refractivity contribution < 1.29 is 19.2 Å². The molecule has 0 unspecified atom stereocenters. The summed E-state index contributed by atoms with van der Waals surface area (Å²) in [6.07, 6.45) is 4.03. The van der Waals surface area contributed by atoms with Crippen LogP contribution >= 0.6 is 0 Å². The zero-order valence-electron chi connectivity index (χ0n) is 16.5. The average Bonchev–Trinajstić information content (AvgIpc) is 3.35. The highest BCUT2D eigenvalue weighted by Crippen LogP contribution is 2.42. The smallest absolute Gasteiger partial charge is 0.325 e. The van der Waals surface area contributed by atoms with Gasteiger partial charge in [-0.15, -0.1) is 0 Å². The molecule has 4 rings (SSSR count). The number of piperazine rings is 1. The van der Waals surface area contributed by atoms with E-state index >= 15 is 0 Å². The van der Waals surface area contributed by atoms with Crippen molar-refractivity contribution in [3.05, 3.63) is 0 Å². The average molecular weight is 391 g/mol. The van der Waals surface area contributed by atoms with Crippen LogP contribution in [-0.2, 0) is 14.4 Å². The Morgan fingerprint density at radius 2 is 1.50 bits per heavy atom. The van der Waals surface area contributed by atoms with Crippen LogP contribution in [-0.4, -0.2) is 101 Å². The maximum atomic E-state index is 12.7. The minimum atomic E-state index is -0.855. The van der Waals surface area contributed by atoms with E-state index in [1.54, 1.807) is 11.8 Å². The Morgan fingerprint density at radius 3 is 2.11 bits per heavy atom. The SMILES string of the molecule is C[C@]1(C2CC2)NC(=O)N(CC(=O)N2CCN(CC(=O)N3CCCC3)CC2)C1=O. The van der Waals surface area contributed by atoms with E-state index in [-0.39, 0.29) is 30.2 Å². The van der Waals surface area contributed by atoms with Crippen molar-refractivity contribution in [2.24, 2.45) is 5.92 Å². The highest BCUT2D eigenvalue weighted by molar-refractivity contribution is 6.09. The third kappa shape index (κ3) is 3.59. The van der Waals surface area contributed by atoms with Gasteiger partial charge in [-0.1, -0.05) is 0 Å². The Morgan fingerprint density at radius 1 is 0.929 bits per heavy atom. The molecule has 5 amide bonds. The van der Waals surface area contributed by atoms with Crippen molar-refractivity contribution in [1.29, 1.82) is 0 Å². The Kier molecular flexibility index (Phi) is 5.03. The Bertz CT molecular complexity index is 680. The fourth-order valence-electron chi connectivity index (χ4n) is 4.45. The van der Waals surface area contributed by atoms with E-state index in [4.69, 9.17) is 0 Å². The van der Waals surface area contributed by atoms with Crippen LogP contribution in [0.4, 0.5) is 4.79 Å². The molecule has 28 heavy (non-hydrogen) atoms. The van der Waals surface area contributed by atoms with Gasteiger partial charge in [0.25, 0.3) is 5.91 Å². The number of imide groups is 1. The van der Waals surface area contributed by atoms with Gasteiger partial charge in [0.2, 0.25) is 11.8 Å². The lowest BCUT2D eigenvalue weighted by atomic mass is 9.96. The lowest BCUT2D eigenvalue weighted by molar-refractivity contribution is -0.140. The fraction of sp³-hybridized carbons (Fsp3) is 0.789. The van der Waals surface area contributed by atoms with Gasteiger partial charge in [-0.05, 0) is 38.5 Å². The van der Waals surface area contributed by atoms with Crippen molar-refractivity contribution in [2.45, 2.75) is 38.1 Å². The fourth-order valence-corrected chi connectivity index (χ4v) is 4.45. The summed E-state index contributed by atoms with van der Waals surface area (Å²) in [4.78, 5) is 56.5. The molecule has 154 valence electrons. The molecule has 1 atom stereocenters. The first-order valence-electron chi connectivity index (χ1n) is 10.3. The largest absolute Gasteiger partial charge is 0.342 e. The number of rotatable bonds is 5. The molecule has 1 aliphatic carbocycles. The zero-order valence-corrected chi connectivity index (χ0v) is 16.5. The van der Waals surface area contributed by atoms with Crippen LogP contribution in [0.25, 0.3) is 0 Å². The van der Waals surface area contributed by atoms with Crippen molar-refractivity contribution >= 4 is 23.8 Å². The van der Waals surface area contributed by atoms with Gasteiger partial charge in [-0.3, -0.25) is 24.2 Å². The van der Waals surface area contributed by atoms with E-state index in [1.165, 1.54) is 0 Å². The summed E-state index contributed by atoms with van der Waals surface area (Å²) < 4.78 is 0. The summed E-state index contributed by atoms with van der Waals surface area (Å²) in [5.41, 5.74) is -0.855. The molecule has 9 nitrogen and oxygen atoms in total.